The molecule has 1 fully saturated rings. The van der Waals surface area contributed by atoms with Crippen molar-refractivity contribution in [3.8, 4) is 0 Å². The van der Waals surface area contributed by atoms with Crippen molar-refractivity contribution in [1.29, 1.82) is 0 Å². The molecule has 3 aliphatic heterocycles. The van der Waals surface area contributed by atoms with Gasteiger partial charge in [-0.1, -0.05) is 20.8 Å². The molecule has 0 radical (unpaired) electrons. The number of carbonyl (C=O) groups is 2. The summed E-state index contributed by atoms with van der Waals surface area (Å²) in [6.45, 7) is 10.6. The van der Waals surface area contributed by atoms with Crippen molar-refractivity contribution in [1.82, 2.24) is 10.0 Å². The monoisotopic (exact) mass is 334 g/mol. The van der Waals surface area contributed by atoms with Crippen LogP contribution in [0.15, 0.2) is 22.5 Å². The second-order valence-corrected chi connectivity index (χ2v) is 7.79. The van der Waals surface area contributed by atoms with Crippen LogP contribution < -0.4 is 0 Å². The smallest absolute Gasteiger partial charge is 0.356 e. The highest BCUT2D eigenvalue weighted by molar-refractivity contribution is 6.02. The van der Waals surface area contributed by atoms with Gasteiger partial charge >= 0.3 is 11.9 Å². The van der Waals surface area contributed by atoms with Gasteiger partial charge in [0.2, 0.25) is 0 Å². The minimum atomic E-state index is -0.493. The van der Waals surface area contributed by atoms with E-state index in [0.717, 1.165) is 12.8 Å². The molecule has 0 aromatic rings. The molecule has 1 unspecified atom stereocenters. The predicted molar refractivity (Wildman–Crippen MR) is 88.3 cm³/mol. The normalized spacial score (nSPS) is 26.2. The molecule has 1 atom stereocenters. The van der Waals surface area contributed by atoms with E-state index in [2.05, 4.69) is 39.6 Å². The molecule has 132 valence electrons. The molecule has 0 spiro atoms. The Morgan fingerprint density at radius 1 is 1.12 bits per heavy atom. The van der Waals surface area contributed by atoms with E-state index in [1.807, 2.05) is 5.01 Å². The lowest BCUT2D eigenvalue weighted by molar-refractivity contribution is -0.141. The van der Waals surface area contributed by atoms with E-state index in [0.29, 0.717) is 11.3 Å². The summed E-state index contributed by atoms with van der Waals surface area (Å²) in [5.74, 6) is -0.955. The molecule has 6 heteroatoms. The van der Waals surface area contributed by atoms with Crippen LogP contribution in [-0.4, -0.2) is 47.8 Å². The summed E-state index contributed by atoms with van der Waals surface area (Å²) in [7, 11) is 2.70. The Balaban J connectivity index is 2.30. The highest BCUT2D eigenvalue weighted by Gasteiger charge is 2.64. The summed E-state index contributed by atoms with van der Waals surface area (Å²) >= 11 is 0. The first-order valence-electron chi connectivity index (χ1n) is 8.36. The fraction of sp³-hybridized carbons (Fsp3) is 0.667. The van der Waals surface area contributed by atoms with Gasteiger partial charge in [0, 0.05) is 17.5 Å². The first-order chi connectivity index (χ1) is 11.1. The Kier molecular flexibility index (Phi) is 3.52. The fourth-order valence-electron chi connectivity index (χ4n) is 4.75. The van der Waals surface area contributed by atoms with Gasteiger partial charge in [-0.3, -0.25) is 10.0 Å². The summed E-state index contributed by atoms with van der Waals surface area (Å²) in [4.78, 5) is 25.1. The summed E-state index contributed by atoms with van der Waals surface area (Å²) in [6.07, 6.45) is 1.76. The van der Waals surface area contributed by atoms with E-state index in [1.54, 1.807) is 0 Å². The number of methoxy groups -OCH3 is 2. The molecule has 3 aliphatic rings. The lowest BCUT2D eigenvalue weighted by Crippen LogP contribution is -2.47. The highest BCUT2D eigenvalue weighted by Crippen LogP contribution is 2.60. The molecule has 24 heavy (non-hydrogen) atoms. The molecule has 0 bridgehead atoms. The summed E-state index contributed by atoms with van der Waals surface area (Å²) in [5.41, 5.74) is 2.73. The maximum absolute atomic E-state index is 12.6. The van der Waals surface area contributed by atoms with E-state index in [-0.39, 0.29) is 17.0 Å². The van der Waals surface area contributed by atoms with Crippen LogP contribution in [0.4, 0.5) is 0 Å². The third kappa shape index (κ3) is 1.82. The molecule has 0 amide bonds. The Hall–Kier alpha value is -1.98. The SMILES string of the molecule is CCC1=C2CC(C)(C)N3C(C(=O)OC)=C(C(=O)OC)C(N23)C1(C)C. The zero-order valence-corrected chi connectivity index (χ0v) is 15.5. The molecule has 6 nitrogen and oxygen atoms in total. The predicted octanol–water partition coefficient (Wildman–Crippen LogP) is 2.37. The summed E-state index contributed by atoms with van der Waals surface area (Å²) < 4.78 is 10.0. The number of hydrogen-bond acceptors (Lipinski definition) is 6. The van der Waals surface area contributed by atoms with Crippen molar-refractivity contribution in [3.05, 3.63) is 22.5 Å². The maximum atomic E-state index is 12.6. The number of carbonyl (C=O) groups excluding carboxylic acids is 2. The van der Waals surface area contributed by atoms with Gasteiger partial charge < -0.3 is 9.47 Å². The van der Waals surface area contributed by atoms with Gasteiger partial charge in [0.15, 0.2) is 5.70 Å². The van der Waals surface area contributed by atoms with Gasteiger partial charge in [0.25, 0.3) is 0 Å². The fourth-order valence-corrected chi connectivity index (χ4v) is 4.75. The third-order valence-electron chi connectivity index (χ3n) is 5.60. The van der Waals surface area contributed by atoms with Gasteiger partial charge in [0.1, 0.15) is 0 Å². The van der Waals surface area contributed by atoms with Crippen LogP contribution in [0.3, 0.4) is 0 Å². The van der Waals surface area contributed by atoms with Crippen LogP contribution in [0.5, 0.6) is 0 Å². The summed E-state index contributed by atoms with van der Waals surface area (Å²) in [5, 5.41) is 4.09. The number of rotatable bonds is 3. The van der Waals surface area contributed by atoms with Crippen molar-refractivity contribution < 1.29 is 19.1 Å². The molecule has 0 aromatic carbocycles. The average molecular weight is 334 g/mol. The van der Waals surface area contributed by atoms with Crippen molar-refractivity contribution >= 4 is 11.9 Å². The molecule has 0 aliphatic carbocycles. The minimum Gasteiger partial charge on any atom is -0.466 e. The van der Waals surface area contributed by atoms with Crippen LogP contribution in [-0.2, 0) is 19.1 Å². The van der Waals surface area contributed by atoms with E-state index in [9.17, 15) is 9.59 Å². The van der Waals surface area contributed by atoms with Crippen LogP contribution in [0.1, 0.15) is 47.5 Å². The van der Waals surface area contributed by atoms with Crippen LogP contribution in [0.2, 0.25) is 0 Å². The molecule has 0 saturated carbocycles. The molecule has 0 N–H and O–H groups in total. The van der Waals surface area contributed by atoms with Gasteiger partial charge in [-0.05, 0) is 25.8 Å². The minimum absolute atomic E-state index is 0.231. The molecule has 0 aromatic heterocycles. The number of ether oxygens (including phenoxy) is 2. The van der Waals surface area contributed by atoms with E-state index < -0.39 is 11.9 Å². The van der Waals surface area contributed by atoms with Gasteiger partial charge in [-0.25, -0.2) is 9.59 Å². The van der Waals surface area contributed by atoms with E-state index >= 15 is 0 Å². The number of nitrogens with zero attached hydrogens (tertiary/aromatic N) is 2. The summed E-state index contributed by atoms with van der Waals surface area (Å²) in [6, 6.07) is -0.231. The van der Waals surface area contributed by atoms with Crippen molar-refractivity contribution in [3.63, 3.8) is 0 Å². The van der Waals surface area contributed by atoms with E-state index in [1.165, 1.54) is 25.5 Å². The van der Waals surface area contributed by atoms with Crippen LogP contribution >= 0.6 is 0 Å². The van der Waals surface area contributed by atoms with Crippen molar-refractivity contribution in [2.45, 2.75) is 59.0 Å². The maximum Gasteiger partial charge on any atom is 0.356 e. The van der Waals surface area contributed by atoms with Gasteiger partial charge in [-0.2, -0.15) is 0 Å². The zero-order valence-electron chi connectivity index (χ0n) is 15.5. The highest BCUT2D eigenvalue weighted by atomic mass is 16.5. The third-order valence-corrected chi connectivity index (χ3v) is 5.60. The second-order valence-electron chi connectivity index (χ2n) is 7.79. The first-order valence-corrected chi connectivity index (χ1v) is 8.36. The number of esters is 2. The zero-order chi connectivity index (χ0) is 18.0. The Bertz CT molecular complexity index is 687. The standard InChI is InChI=1S/C18H26N2O4/c1-8-10-11-9-17(2,3)20-13(16(22)24-7)12(15(21)23-6)14(19(11)20)18(10,4)5/h14H,8-9H2,1-7H3. The van der Waals surface area contributed by atoms with Crippen LogP contribution in [0.25, 0.3) is 0 Å². The largest absolute Gasteiger partial charge is 0.466 e. The lowest BCUT2D eigenvalue weighted by atomic mass is 9.75. The molecular formula is C18H26N2O4. The average Bonchev–Trinajstić information content (AvgIpc) is 3.07. The Morgan fingerprint density at radius 3 is 2.21 bits per heavy atom. The number of hydrazine groups is 1. The van der Waals surface area contributed by atoms with Crippen molar-refractivity contribution in [2.24, 2.45) is 5.41 Å². The quantitative estimate of drug-likeness (QED) is 0.739. The van der Waals surface area contributed by atoms with Gasteiger partial charge in [-0.15, -0.1) is 0 Å². The van der Waals surface area contributed by atoms with Crippen LogP contribution in [0, 0.1) is 5.41 Å². The van der Waals surface area contributed by atoms with Gasteiger partial charge in [0.05, 0.1) is 31.4 Å². The van der Waals surface area contributed by atoms with E-state index in [4.69, 9.17) is 9.47 Å². The molecular weight excluding hydrogens is 308 g/mol. The number of hydrogen-bond donors (Lipinski definition) is 0. The Morgan fingerprint density at radius 2 is 1.71 bits per heavy atom. The Labute approximate surface area is 143 Å². The first kappa shape index (κ1) is 16.9. The lowest BCUT2D eigenvalue weighted by Gasteiger charge is -2.38. The topological polar surface area (TPSA) is 59.1 Å². The van der Waals surface area contributed by atoms with Crippen molar-refractivity contribution in [2.75, 3.05) is 14.2 Å². The second kappa shape index (κ2) is 5.01. The molecule has 1 saturated heterocycles. The molecule has 3 heterocycles. The molecule has 3 rings (SSSR count).